The first kappa shape index (κ1) is 16.9. The minimum atomic E-state index is -0.281. The van der Waals surface area contributed by atoms with Gasteiger partial charge in [-0.25, -0.2) is 9.37 Å². The lowest BCUT2D eigenvalue weighted by atomic mass is 10.2. The lowest BCUT2D eigenvalue weighted by molar-refractivity contribution is 0.0755. The Morgan fingerprint density at radius 1 is 1.09 bits per heavy atom. The predicted octanol–water partition coefficient (Wildman–Crippen LogP) is 4.23. The molecule has 0 atom stereocenters. The second kappa shape index (κ2) is 8.27. The molecule has 0 aliphatic heterocycles. The molecule has 1 heterocycles. The minimum absolute atomic E-state index is 0.00883. The molecule has 0 radical (unpaired) electrons. The Hall–Kier alpha value is -2.43. The zero-order chi connectivity index (χ0) is 16.7. The van der Waals surface area contributed by atoms with Crippen LogP contribution in [0, 0.1) is 5.82 Å². The highest BCUT2D eigenvalue weighted by Gasteiger charge is 2.14. The number of benzene rings is 1. The number of halogens is 1. The second-order valence-corrected chi connectivity index (χ2v) is 5.36. The largest absolute Gasteiger partial charge is 0.340 e. The van der Waals surface area contributed by atoms with Gasteiger partial charge in [0.15, 0.2) is 0 Å². The summed E-state index contributed by atoms with van der Waals surface area (Å²) in [6, 6.07) is 9.56. The van der Waals surface area contributed by atoms with Crippen molar-refractivity contribution in [2.45, 2.75) is 26.7 Å². The van der Waals surface area contributed by atoms with Gasteiger partial charge in [-0.05, 0) is 49.2 Å². The van der Waals surface area contributed by atoms with Gasteiger partial charge in [0.05, 0.1) is 5.56 Å². The van der Waals surface area contributed by atoms with Gasteiger partial charge in [0, 0.05) is 25.0 Å². The first-order valence-corrected chi connectivity index (χ1v) is 7.92. The molecule has 0 bridgehead atoms. The first-order chi connectivity index (χ1) is 11.1. The third kappa shape index (κ3) is 4.77. The summed E-state index contributed by atoms with van der Waals surface area (Å²) in [4.78, 5) is 18.6. The summed E-state index contributed by atoms with van der Waals surface area (Å²) in [5, 5.41) is 3.07. The van der Waals surface area contributed by atoms with Gasteiger partial charge in [-0.2, -0.15) is 0 Å². The zero-order valence-electron chi connectivity index (χ0n) is 13.6. The van der Waals surface area contributed by atoms with Gasteiger partial charge in [-0.15, -0.1) is 0 Å². The molecule has 1 aromatic heterocycles. The number of amides is 1. The Bertz CT molecular complexity index is 620. The normalized spacial score (nSPS) is 10.4. The van der Waals surface area contributed by atoms with Crippen LogP contribution in [0.5, 0.6) is 0 Å². The molecule has 0 saturated carbocycles. The summed E-state index contributed by atoms with van der Waals surface area (Å²) >= 11 is 0. The molecular formula is C18H22FN3O. The van der Waals surface area contributed by atoms with Gasteiger partial charge in [-0.3, -0.25) is 4.79 Å². The number of carbonyl (C=O) groups is 1. The van der Waals surface area contributed by atoms with E-state index in [-0.39, 0.29) is 11.7 Å². The first-order valence-electron chi connectivity index (χ1n) is 7.92. The van der Waals surface area contributed by atoms with E-state index in [0.29, 0.717) is 11.4 Å². The topological polar surface area (TPSA) is 45.2 Å². The highest BCUT2D eigenvalue weighted by Crippen LogP contribution is 2.16. The van der Waals surface area contributed by atoms with Gasteiger partial charge in [-0.1, -0.05) is 13.8 Å². The number of nitrogens with zero attached hydrogens (tertiary/aromatic N) is 2. The number of aromatic nitrogens is 1. The van der Waals surface area contributed by atoms with Crippen molar-refractivity contribution >= 4 is 17.4 Å². The van der Waals surface area contributed by atoms with Crippen molar-refractivity contribution in [1.29, 1.82) is 0 Å². The molecule has 0 unspecified atom stereocenters. The molecule has 1 amide bonds. The zero-order valence-corrected chi connectivity index (χ0v) is 13.6. The summed E-state index contributed by atoms with van der Waals surface area (Å²) in [5.41, 5.74) is 1.33. The Kier molecular flexibility index (Phi) is 6.09. The molecule has 5 heteroatoms. The fraction of sp³-hybridized carbons (Fsp3) is 0.333. The average Bonchev–Trinajstić information content (AvgIpc) is 2.57. The van der Waals surface area contributed by atoms with Crippen LogP contribution in [0.3, 0.4) is 0 Å². The Morgan fingerprint density at radius 3 is 2.26 bits per heavy atom. The number of rotatable bonds is 7. The molecule has 1 N–H and O–H groups in total. The van der Waals surface area contributed by atoms with Crippen molar-refractivity contribution in [3.8, 4) is 0 Å². The quantitative estimate of drug-likeness (QED) is 0.832. The monoisotopic (exact) mass is 315 g/mol. The van der Waals surface area contributed by atoms with Crippen molar-refractivity contribution < 1.29 is 9.18 Å². The number of nitrogens with one attached hydrogen (secondary N) is 1. The van der Waals surface area contributed by atoms with E-state index in [1.807, 2.05) is 4.90 Å². The Morgan fingerprint density at radius 2 is 1.74 bits per heavy atom. The Labute approximate surface area is 136 Å². The van der Waals surface area contributed by atoms with Crippen LogP contribution in [-0.4, -0.2) is 28.9 Å². The SMILES string of the molecule is CCCN(CCC)C(=O)c1ccc(Nc2ccc(F)cc2)nc1. The minimum Gasteiger partial charge on any atom is -0.340 e. The second-order valence-electron chi connectivity index (χ2n) is 5.36. The highest BCUT2D eigenvalue weighted by molar-refractivity contribution is 5.94. The van der Waals surface area contributed by atoms with Crippen molar-refractivity contribution in [1.82, 2.24) is 9.88 Å². The third-order valence-corrected chi connectivity index (χ3v) is 3.40. The maximum atomic E-state index is 12.9. The van der Waals surface area contributed by atoms with Crippen LogP contribution in [0.1, 0.15) is 37.0 Å². The number of hydrogen-bond donors (Lipinski definition) is 1. The van der Waals surface area contributed by atoms with Crippen LogP contribution in [0.2, 0.25) is 0 Å². The van der Waals surface area contributed by atoms with Gasteiger partial charge in [0.25, 0.3) is 5.91 Å². The van der Waals surface area contributed by atoms with E-state index in [9.17, 15) is 9.18 Å². The average molecular weight is 315 g/mol. The van der Waals surface area contributed by atoms with Crippen molar-refractivity contribution in [2.24, 2.45) is 0 Å². The van der Waals surface area contributed by atoms with Crippen molar-refractivity contribution in [2.75, 3.05) is 18.4 Å². The van der Waals surface area contributed by atoms with E-state index in [1.165, 1.54) is 12.1 Å². The van der Waals surface area contributed by atoms with E-state index in [0.717, 1.165) is 31.6 Å². The molecule has 2 rings (SSSR count). The summed E-state index contributed by atoms with van der Waals surface area (Å²) in [7, 11) is 0. The molecule has 1 aromatic carbocycles. The van der Waals surface area contributed by atoms with Crippen LogP contribution in [0.25, 0.3) is 0 Å². The van der Waals surface area contributed by atoms with Crippen LogP contribution in [-0.2, 0) is 0 Å². The number of hydrogen-bond acceptors (Lipinski definition) is 3. The smallest absolute Gasteiger partial charge is 0.255 e. The lowest BCUT2D eigenvalue weighted by Crippen LogP contribution is -2.32. The molecular weight excluding hydrogens is 293 g/mol. The van der Waals surface area contributed by atoms with E-state index in [4.69, 9.17) is 0 Å². The van der Waals surface area contributed by atoms with Crippen LogP contribution in [0.15, 0.2) is 42.6 Å². The Balaban J connectivity index is 2.05. The van der Waals surface area contributed by atoms with Gasteiger partial charge in [0.1, 0.15) is 11.6 Å². The van der Waals surface area contributed by atoms with Gasteiger partial charge >= 0.3 is 0 Å². The lowest BCUT2D eigenvalue weighted by Gasteiger charge is -2.21. The molecule has 122 valence electrons. The number of carbonyl (C=O) groups excluding carboxylic acids is 1. The van der Waals surface area contributed by atoms with E-state index in [1.54, 1.807) is 30.5 Å². The van der Waals surface area contributed by atoms with Gasteiger partial charge < -0.3 is 10.2 Å². The standard InChI is InChI=1S/C18H22FN3O/c1-3-11-22(12-4-2)18(23)14-5-10-17(20-13-14)21-16-8-6-15(19)7-9-16/h5-10,13H,3-4,11-12H2,1-2H3,(H,20,21). The fourth-order valence-corrected chi connectivity index (χ4v) is 2.31. The molecule has 0 fully saturated rings. The molecule has 4 nitrogen and oxygen atoms in total. The molecule has 0 saturated heterocycles. The summed E-state index contributed by atoms with van der Waals surface area (Å²) in [6.45, 7) is 5.62. The fourth-order valence-electron chi connectivity index (χ4n) is 2.31. The maximum Gasteiger partial charge on any atom is 0.255 e. The van der Waals surface area contributed by atoms with Crippen LogP contribution < -0.4 is 5.32 Å². The summed E-state index contributed by atoms with van der Waals surface area (Å²) < 4.78 is 12.9. The highest BCUT2D eigenvalue weighted by atomic mass is 19.1. The molecule has 0 aliphatic carbocycles. The van der Waals surface area contributed by atoms with E-state index >= 15 is 0 Å². The molecule has 0 spiro atoms. The summed E-state index contributed by atoms with van der Waals surface area (Å²) in [5.74, 6) is 0.344. The van der Waals surface area contributed by atoms with Crippen LogP contribution >= 0.6 is 0 Å². The molecule has 0 aliphatic rings. The number of anilines is 2. The molecule has 2 aromatic rings. The molecule has 23 heavy (non-hydrogen) atoms. The van der Waals surface area contributed by atoms with Gasteiger partial charge in [0.2, 0.25) is 0 Å². The summed E-state index contributed by atoms with van der Waals surface area (Å²) in [6.07, 6.45) is 3.44. The van der Waals surface area contributed by atoms with Crippen molar-refractivity contribution in [3.63, 3.8) is 0 Å². The van der Waals surface area contributed by atoms with Crippen LogP contribution in [0.4, 0.5) is 15.9 Å². The predicted molar refractivity (Wildman–Crippen MR) is 90.4 cm³/mol. The third-order valence-electron chi connectivity index (χ3n) is 3.40. The number of pyridine rings is 1. The van der Waals surface area contributed by atoms with E-state index < -0.39 is 0 Å². The van der Waals surface area contributed by atoms with E-state index in [2.05, 4.69) is 24.1 Å². The van der Waals surface area contributed by atoms with Crippen molar-refractivity contribution in [3.05, 3.63) is 54.0 Å². The maximum absolute atomic E-state index is 12.9.